The molecule has 0 aliphatic carbocycles. The van der Waals surface area contributed by atoms with E-state index in [-0.39, 0.29) is 0 Å². The van der Waals surface area contributed by atoms with Crippen LogP contribution in [0.2, 0.25) is 25.2 Å². The number of hydrogen-bond donors (Lipinski definition) is 1. The van der Waals surface area contributed by atoms with E-state index in [1.807, 2.05) is 49.5 Å². The zero-order valence-corrected chi connectivity index (χ0v) is 31.5. The fourth-order valence-electron chi connectivity index (χ4n) is 4.22. The molecule has 4 aromatic heterocycles. The van der Waals surface area contributed by atoms with Crippen LogP contribution in [0.4, 0.5) is 0 Å². The van der Waals surface area contributed by atoms with Crippen LogP contribution in [0, 0.1) is 13.8 Å². The maximum Gasteiger partial charge on any atom is 0.219 e. The summed E-state index contributed by atoms with van der Waals surface area (Å²) in [6.07, 6.45) is 10.0. The first kappa shape index (κ1) is 39.7. The minimum atomic E-state index is 0.309. The van der Waals surface area contributed by atoms with Crippen molar-refractivity contribution in [1.29, 1.82) is 0 Å². The number of nitrogens with zero attached hydrogens (tertiary/aromatic N) is 6. The van der Waals surface area contributed by atoms with Crippen LogP contribution in [-0.4, -0.2) is 36.4 Å². The summed E-state index contributed by atoms with van der Waals surface area (Å²) < 4.78 is 11.3. The van der Waals surface area contributed by atoms with Gasteiger partial charge in [0.25, 0.3) is 0 Å². The summed E-state index contributed by atoms with van der Waals surface area (Å²) in [7, 11) is 0. The number of hydrogen-bond acceptors (Lipinski definition) is 9. The Morgan fingerprint density at radius 1 is 0.529 bits per heavy atom. The van der Waals surface area contributed by atoms with Crippen LogP contribution in [0.15, 0.2) is 97.8 Å². The molecule has 0 saturated carbocycles. The monoisotopic (exact) mass is 783 g/mol. The molecule has 9 nitrogen and oxygen atoms in total. The predicted octanol–water partition coefficient (Wildman–Crippen LogP) is 10.6. The Bertz CT molecular complexity index is 1930. The molecule has 0 aliphatic rings. The fraction of sp³-hybridized carbons (Fsp3) is 0.189. The van der Waals surface area contributed by atoms with E-state index in [2.05, 4.69) is 29.9 Å². The second kappa shape index (κ2) is 20.7. The normalized spacial score (nSPS) is 10.4. The molecular weight excluding hydrogens is 752 g/mol. The fourth-order valence-corrected chi connectivity index (χ4v) is 4.94. The first-order chi connectivity index (χ1) is 24.6. The van der Waals surface area contributed by atoms with Crippen LogP contribution in [0.1, 0.15) is 34.6 Å². The minimum Gasteiger partial charge on any atom is -0.439 e. The van der Waals surface area contributed by atoms with Gasteiger partial charge >= 0.3 is 0 Å². The molecule has 2 N–H and O–H groups in total. The maximum absolute atomic E-state index is 6.22. The van der Waals surface area contributed by atoms with E-state index in [1.165, 1.54) is 6.33 Å². The highest BCUT2D eigenvalue weighted by Gasteiger charge is 2.07. The summed E-state index contributed by atoms with van der Waals surface area (Å²) in [4.78, 5) is 24.4. The molecule has 0 spiro atoms. The van der Waals surface area contributed by atoms with Crippen LogP contribution in [0.3, 0.4) is 0 Å². The summed E-state index contributed by atoms with van der Waals surface area (Å²) in [5, 5.41) is 2.76. The lowest BCUT2D eigenvalue weighted by Crippen LogP contribution is -2.02. The molecule has 6 aromatic rings. The van der Waals surface area contributed by atoms with Crippen molar-refractivity contribution in [1.82, 2.24) is 29.9 Å². The Kier molecular flexibility index (Phi) is 16.1. The highest BCUT2D eigenvalue weighted by molar-refractivity contribution is 6.41. The largest absolute Gasteiger partial charge is 0.439 e. The number of halogens is 5. The number of rotatable bonds is 10. The molecule has 2 aromatic carbocycles. The Morgan fingerprint density at radius 2 is 1.02 bits per heavy atom. The Morgan fingerprint density at radius 3 is 1.47 bits per heavy atom. The van der Waals surface area contributed by atoms with Crippen molar-refractivity contribution in [2.45, 2.75) is 39.5 Å². The lowest BCUT2D eigenvalue weighted by Gasteiger charge is -2.07. The van der Waals surface area contributed by atoms with Crippen molar-refractivity contribution in [2.24, 2.45) is 5.73 Å². The van der Waals surface area contributed by atoms with E-state index >= 15 is 0 Å². The van der Waals surface area contributed by atoms with Gasteiger partial charge in [0.05, 0.1) is 27.1 Å². The van der Waals surface area contributed by atoms with Gasteiger partial charge in [-0.15, -0.1) is 0 Å². The first-order valence-corrected chi connectivity index (χ1v) is 17.6. The quantitative estimate of drug-likeness (QED) is 0.135. The summed E-state index contributed by atoms with van der Waals surface area (Å²) >= 11 is 29.0. The topological polar surface area (TPSA) is 122 Å². The zero-order valence-electron chi connectivity index (χ0n) is 27.7. The van der Waals surface area contributed by atoms with Crippen molar-refractivity contribution in [3.05, 3.63) is 151 Å². The van der Waals surface area contributed by atoms with Crippen molar-refractivity contribution in [3.8, 4) is 23.3 Å². The molecule has 0 bridgehead atoms. The van der Waals surface area contributed by atoms with Crippen LogP contribution in [-0.2, 0) is 19.3 Å². The number of nitrogens with two attached hydrogens (primary N) is 1. The molecule has 264 valence electrons. The van der Waals surface area contributed by atoms with Crippen LogP contribution in [0.5, 0.6) is 23.3 Å². The van der Waals surface area contributed by atoms with Crippen LogP contribution >= 0.6 is 58.0 Å². The van der Waals surface area contributed by atoms with Crippen LogP contribution < -0.4 is 15.2 Å². The molecular formula is C37H34Cl5N7O2. The molecule has 14 heteroatoms. The van der Waals surface area contributed by atoms with E-state index in [4.69, 9.17) is 73.2 Å². The first-order valence-electron chi connectivity index (χ1n) is 15.7. The van der Waals surface area contributed by atoms with Crippen molar-refractivity contribution >= 4 is 58.0 Å². The van der Waals surface area contributed by atoms with Crippen molar-refractivity contribution in [3.63, 3.8) is 0 Å². The molecule has 0 fully saturated rings. The Labute approximate surface area is 322 Å². The number of pyridine rings is 2. The highest BCUT2D eigenvalue weighted by atomic mass is 35.5. The molecule has 0 amide bonds. The Balaban J connectivity index is 0.000000192. The number of aryl methyl sites for hydroxylation is 4. The third-order valence-corrected chi connectivity index (χ3v) is 8.77. The molecule has 0 aliphatic heterocycles. The molecule has 0 radical (unpaired) electrons. The van der Waals surface area contributed by atoms with Gasteiger partial charge in [-0.25, -0.2) is 29.9 Å². The third-order valence-electron chi connectivity index (χ3n) is 6.94. The van der Waals surface area contributed by atoms with Gasteiger partial charge in [0.15, 0.2) is 5.15 Å². The highest BCUT2D eigenvalue weighted by Crippen LogP contribution is 2.24. The average molecular weight is 786 g/mol. The van der Waals surface area contributed by atoms with Gasteiger partial charge in [0.1, 0.15) is 24.2 Å². The smallest absolute Gasteiger partial charge is 0.219 e. The molecule has 6 rings (SSSR count). The minimum absolute atomic E-state index is 0.309. The number of ether oxygens (including phenoxy) is 2. The third kappa shape index (κ3) is 13.5. The van der Waals surface area contributed by atoms with Gasteiger partial charge in [0, 0.05) is 34.6 Å². The van der Waals surface area contributed by atoms with E-state index in [9.17, 15) is 0 Å². The summed E-state index contributed by atoms with van der Waals surface area (Å²) in [5.74, 6) is 2.54. The van der Waals surface area contributed by atoms with Gasteiger partial charge in [0.2, 0.25) is 11.8 Å². The summed E-state index contributed by atoms with van der Waals surface area (Å²) in [6, 6.07) is 22.0. The molecule has 0 atom stereocenters. The van der Waals surface area contributed by atoms with Crippen molar-refractivity contribution < 1.29 is 9.47 Å². The Hall–Kier alpha value is -4.09. The predicted molar refractivity (Wildman–Crippen MR) is 205 cm³/mol. The van der Waals surface area contributed by atoms with E-state index in [1.54, 1.807) is 55.8 Å². The molecule has 4 heterocycles. The van der Waals surface area contributed by atoms with E-state index in [0.29, 0.717) is 60.7 Å². The van der Waals surface area contributed by atoms with Crippen molar-refractivity contribution in [2.75, 3.05) is 6.54 Å². The SMILES string of the molecule is Cc1ncnc(CCCc2ccc(Oc3ccc(Cl)cc3)nc2)c1Cl.Cc1ncnc(Cl)c1Cl.NCCc1ccc(Oc2ccc(Cl)cc2)nc1. The van der Waals surface area contributed by atoms with Gasteiger partial charge in [-0.3, -0.25) is 0 Å². The van der Waals surface area contributed by atoms with Gasteiger partial charge in [-0.05, 0) is 106 Å². The summed E-state index contributed by atoms with van der Waals surface area (Å²) in [5.41, 5.74) is 10.1. The van der Waals surface area contributed by atoms with E-state index in [0.717, 1.165) is 48.2 Å². The second-order valence-corrected chi connectivity index (χ2v) is 12.8. The van der Waals surface area contributed by atoms with Crippen LogP contribution in [0.25, 0.3) is 0 Å². The second-order valence-electron chi connectivity index (χ2n) is 10.8. The van der Waals surface area contributed by atoms with Gasteiger partial charge < -0.3 is 15.2 Å². The molecule has 0 saturated heterocycles. The average Bonchev–Trinajstić information content (AvgIpc) is 3.13. The lowest BCUT2D eigenvalue weighted by atomic mass is 10.1. The zero-order chi connectivity index (χ0) is 36.6. The molecule has 0 unspecified atom stereocenters. The summed E-state index contributed by atoms with van der Waals surface area (Å²) in [6.45, 7) is 4.28. The number of aromatic nitrogens is 6. The van der Waals surface area contributed by atoms with Gasteiger partial charge in [-0.1, -0.05) is 70.1 Å². The van der Waals surface area contributed by atoms with E-state index < -0.39 is 0 Å². The maximum atomic E-state index is 6.22. The standard InChI is InChI=1S/C19H17Cl2N3O.C13H13ClN2O.C5H4Cl2N2/c1-13-19(21)17(24-12-23-13)4-2-3-14-5-10-18(22-11-14)25-16-8-6-15(20)7-9-16;14-11-2-4-12(5-3-11)17-13-6-1-10(7-8-15)9-16-13;1-3-4(6)5(7)9-2-8-3/h5-12H,2-4H2,1H3;1-6,9H,7-8,15H2;2H,1H3. The number of benzene rings is 2. The molecule has 51 heavy (non-hydrogen) atoms. The lowest BCUT2D eigenvalue weighted by molar-refractivity contribution is 0.462. The van der Waals surface area contributed by atoms with Gasteiger partial charge in [-0.2, -0.15) is 0 Å².